The Balaban J connectivity index is 2.09. The molecule has 6 heteroatoms. The third-order valence-corrected chi connectivity index (χ3v) is 7.04. The summed E-state index contributed by atoms with van der Waals surface area (Å²) in [7, 11) is -2.33. The predicted octanol–water partition coefficient (Wildman–Crippen LogP) is 3.26. The van der Waals surface area contributed by atoms with Crippen molar-refractivity contribution in [2.45, 2.75) is 49.4 Å². The molecule has 0 spiro atoms. The molecule has 5 nitrogen and oxygen atoms in total. The summed E-state index contributed by atoms with van der Waals surface area (Å²) in [6, 6.07) is 8.21. The third-order valence-electron chi connectivity index (χ3n) is 5.06. The van der Waals surface area contributed by atoms with E-state index < -0.39 is 26.7 Å². The SMILES string of the molecule is C=C(CC(CC(C)(C(=O)O)S(C)(=O)=O)OC)c1ccc(C2CC2)cc1. The van der Waals surface area contributed by atoms with Gasteiger partial charge < -0.3 is 9.84 Å². The van der Waals surface area contributed by atoms with Gasteiger partial charge in [-0.3, -0.25) is 4.79 Å². The van der Waals surface area contributed by atoms with Gasteiger partial charge in [-0.05, 0) is 48.8 Å². The summed E-state index contributed by atoms with van der Waals surface area (Å²) in [6.45, 7) is 5.29. The van der Waals surface area contributed by atoms with Crippen molar-refractivity contribution >= 4 is 21.4 Å². The van der Waals surface area contributed by atoms with Crippen LogP contribution in [0.5, 0.6) is 0 Å². The van der Waals surface area contributed by atoms with Crippen molar-refractivity contribution in [1.29, 1.82) is 0 Å². The Labute approximate surface area is 149 Å². The summed E-state index contributed by atoms with van der Waals surface area (Å²) in [4.78, 5) is 11.5. The molecular weight excluding hydrogens is 340 g/mol. The molecule has 0 amide bonds. The van der Waals surface area contributed by atoms with E-state index in [1.54, 1.807) is 0 Å². The minimum atomic E-state index is -3.79. The van der Waals surface area contributed by atoms with Gasteiger partial charge in [0.25, 0.3) is 0 Å². The number of rotatable bonds is 9. The summed E-state index contributed by atoms with van der Waals surface area (Å²) < 4.78 is 27.4. The van der Waals surface area contributed by atoms with Crippen LogP contribution in [0.2, 0.25) is 0 Å². The second kappa shape index (κ2) is 7.30. The van der Waals surface area contributed by atoms with Gasteiger partial charge in [0, 0.05) is 19.8 Å². The third kappa shape index (κ3) is 4.50. The monoisotopic (exact) mass is 366 g/mol. The zero-order valence-corrected chi connectivity index (χ0v) is 15.8. The fourth-order valence-electron chi connectivity index (χ4n) is 2.87. The molecule has 0 radical (unpaired) electrons. The average Bonchev–Trinajstić information content (AvgIpc) is 3.37. The molecule has 0 saturated heterocycles. The number of hydrogen-bond acceptors (Lipinski definition) is 4. The van der Waals surface area contributed by atoms with E-state index in [0.717, 1.165) is 17.4 Å². The summed E-state index contributed by atoms with van der Waals surface area (Å²) in [5.74, 6) is -0.684. The van der Waals surface area contributed by atoms with Crippen LogP contribution in [-0.2, 0) is 19.4 Å². The van der Waals surface area contributed by atoms with Crippen LogP contribution in [0.3, 0.4) is 0 Å². The van der Waals surface area contributed by atoms with Gasteiger partial charge in [-0.1, -0.05) is 30.8 Å². The number of hydrogen-bond donors (Lipinski definition) is 1. The van der Waals surface area contributed by atoms with E-state index in [2.05, 4.69) is 18.7 Å². The molecule has 25 heavy (non-hydrogen) atoms. The Bertz CT molecular complexity index is 747. The molecule has 0 aromatic heterocycles. The highest BCUT2D eigenvalue weighted by atomic mass is 32.2. The summed E-state index contributed by atoms with van der Waals surface area (Å²) in [5, 5.41) is 9.39. The normalized spacial score (nSPS) is 18.4. The first-order valence-corrected chi connectivity index (χ1v) is 10.2. The number of carboxylic acids is 1. The highest BCUT2D eigenvalue weighted by molar-refractivity contribution is 7.92. The largest absolute Gasteiger partial charge is 0.480 e. The molecule has 0 bridgehead atoms. The highest BCUT2D eigenvalue weighted by Crippen LogP contribution is 2.40. The van der Waals surface area contributed by atoms with Crippen LogP contribution in [0.25, 0.3) is 5.57 Å². The topological polar surface area (TPSA) is 80.7 Å². The van der Waals surface area contributed by atoms with Gasteiger partial charge in [0.05, 0.1) is 6.10 Å². The Morgan fingerprint density at radius 3 is 2.32 bits per heavy atom. The summed E-state index contributed by atoms with van der Waals surface area (Å²) >= 11 is 0. The van der Waals surface area contributed by atoms with Crippen LogP contribution in [0.15, 0.2) is 30.8 Å². The first kappa shape index (κ1) is 19.7. The van der Waals surface area contributed by atoms with Crippen molar-refractivity contribution in [3.63, 3.8) is 0 Å². The van der Waals surface area contributed by atoms with Gasteiger partial charge in [0.1, 0.15) is 0 Å². The van der Waals surface area contributed by atoms with Gasteiger partial charge in [-0.15, -0.1) is 0 Å². The number of ether oxygens (including phenoxy) is 1. The van der Waals surface area contributed by atoms with Crippen LogP contribution in [-0.4, -0.2) is 43.7 Å². The maximum Gasteiger partial charge on any atom is 0.324 e. The van der Waals surface area contributed by atoms with Crippen LogP contribution in [0.4, 0.5) is 0 Å². The minimum absolute atomic E-state index is 0.128. The molecule has 0 heterocycles. The van der Waals surface area contributed by atoms with Crippen LogP contribution in [0, 0.1) is 0 Å². The van der Waals surface area contributed by atoms with E-state index in [4.69, 9.17) is 4.74 Å². The lowest BCUT2D eigenvalue weighted by Gasteiger charge is -2.27. The first-order valence-electron chi connectivity index (χ1n) is 8.32. The number of carboxylic acid groups (broad SMARTS) is 1. The van der Waals surface area contributed by atoms with Gasteiger partial charge in [-0.25, -0.2) is 8.42 Å². The first-order chi connectivity index (χ1) is 11.6. The molecule has 1 aliphatic carbocycles. The second-order valence-corrected chi connectivity index (χ2v) is 9.52. The Hall–Kier alpha value is -1.66. The van der Waals surface area contributed by atoms with Crippen molar-refractivity contribution in [3.05, 3.63) is 42.0 Å². The number of carbonyl (C=O) groups is 1. The second-order valence-electron chi connectivity index (χ2n) is 7.07. The standard InChI is InChI=1S/C19H26O5S/c1-13(14-5-7-15(8-6-14)16-9-10-16)11-17(24-3)12-19(2,18(20)21)25(4,22)23/h5-8,16-17H,1,9-12H2,2-4H3,(H,20,21). The molecule has 1 saturated carbocycles. The Morgan fingerprint density at radius 1 is 1.36 bits per heavy atom. The molecule has 138 valence electrons. The van der Waals surface area contributed by atoms with E-state index in [9.17, 15) is 18.3 Å². The van der Waals surface area contributed by atoms with Gasteiger partial charge in [-0.2, -0.15) is 0 Å². The van der Waals surface area contributed by atoms with Crippen molar-refractivity contribution in [2.24, 2.45) is 0 Å². The number of sulfone groups is 1. The van der Waals surface area contributed by atoms with E-state index in [-0.39, 0.29) is 6.42 Å². The molecule has 1 N–H and O–H groups in total. The van der Waals surface area contributed by atoms with E-state index in [1.165, 1.54) is 32.4 Å². The molecule has 2 atom stereocenters. The van der Waals surface area contributed by atoms with Crippen molar-refractivity contribution < 1.29 is 23.1 Å². The number of benzene rings is 1. The fourth-order valence-corrected chi connectivity index (χ4v) is 3.68. The predicted molar refractivity (Wildman–Crippen MR) is 98.4 cm³/mol. The van der Waals surface area contributed by atoms with Crippen molar-refractivity contribution in [2.75, 3.05) is 13.4 Å². The Morgan fingerprint density at radius 2 is 1.92 bits per heavy atom. The molecule has 0 aliphatic heterocycles. The highest BCUT2D eigenvalue weighted by Gasteiger charge is 2.45. The van der Waals surface area contributed by atoms with Gasteiger partial charge in [0.2, 0.25) is 0 Å². The molecule has 1 aliphatic rings. The fraction of sp³-hybridized carbons (Fsp3) is 0.526. The van der Waals surface area contributed by atoms with Gasteiger partial charge >= 0.3 is 5.97 Å². The molecule has 1 aromatic rings. The van der Waals surface area contributed by atoms with Gasteiger partial charge in [0.15, 0.2) is 14.6 Å². The molecule has 2 unspecified atom stereocenters. The lowest BCUT2D eigenvalue weighted by Crippen LogP contribution is -2.46. The van der Waals surface area contributed by atoms with E-state index >= 15 is 0 Å². The molecule has 1 fully saturated rings. The van der Waals surface area contributed by atoms with E-state index in [0.29, 0.717) is 12.3 Å². The van der Waals surface area contributed by atoms with Crippen molar-refractivity contribution in [3.8, 4) is 0 Å². The molecule has 1 aromatic carbocycles. The average molecular weight is 366 g/mol. The molecule has 2 rings (SSSR count). The lowest BCUT2D eigenvalue weighted by atomic mass is 9.94. The summed E-state index contributed by atoms with van der Waals surface area (Å²) in [5.41, 5.74) is 3.09. The van der Waals surface area contributed by atoms with E-state index in [1.807, 2.05) is 12.1 Å². The smallest absolute Gasteiger partial charge is 0.324 e. The zero-order valence-electron chi connectivity index (χ0n) is 15.0. The summed E-state index contributed by atoms with van der Waals surface area (Å²) in [6.07, 6.45) is 3.12. The van der Waals surface area contributed by atoms with Crippen LogP contribution < -0.4 is 0 Å². The van der Waals surface area contributed by atoms with Crippen LogP contribution in [0.1, 0.15) is 49.7 Å². The molecular formula is C19H26O5S. The Kier molecular flexibility index (Phi) is 5.74. The number of aliphatic carboxylic acids is 1. The maximum absolute atomic E-state index is 12.0. The zero-order chi connectivity index (χ0) is 18.8. The van der Waals surface area contributed by atoms with Crippen LogP contribution >= 0.6 is 0 Å². The quantitative estimate of drug-likeness (QED) is 0.725. The maximum atomic E-state index is 12.0. The lowest BCUT2D eigenvalue weighted by molar-refractivity contribution is -0.140. The minimum Gasteiger partial charge on any atom is -0.480 e. The van der Waals surface area contributed by atoms with Crippen molar-refractivity contribution in [1.82, 2.24) is 0 Å². The number of methoxy groups -OCH3 is 1.